The van der Waals surface area contributed by atoms with Crippen molar-refractivity contribution in [1.82, 2.24) is 10.6 Å². The molecular weight excluding hydrogens is 236 g/mol. The average Bonchev–Trinajstić information content (AvgIpc) is 2.26. The average molecular weight is 262 g/mol. The van der Waals surface area contributed by atoms with Crippen LogP contribution >= 0.6 is 11.8 Å². The molecule has 2 amide bonds. The van der Waals surface area contributed by atoms with Crippen LogP contribution in [0, 0.1) is 5.41 Å². The largest absolute Gasteiger partial charge is 0.396 e. The van der Waals surface area contributed by atoms with E-state index in [-0.39, 0.29) is 24.1 Å². The summed E-state index contributed by atoms with van der Waals surface area (Å²) in [4.78, 5) is 11.6. The maximum Gasteiger partial charge on any atom is 0.315 e. The number of hydrogen-bond acceptors (Lipinski definition) is 3. The molecule has 1 atom stereocenters. The Morgan fingerprint density at radius 3 is 2.59 bits per heavy atom. The van der Waals surface area contributed by atoms with Crippen LogP contribution in [0.3, 0.4) is 0 Å². The Bertz CT molecular complexity index is 223. The summed E-state index contributed by atoms with van der Waals surface area (Å²) in [6, 6.07) is 0.114. The van der Waals surface area contributed by atoms with Gasteiger partial charge in [0, 0.05) is 24.9 Å². The number of aliphatic hydroxyl groups is 1. The zero-order valence-corrected chi connectivity index (χ0v) is 12.2. The Labute approximate surface area is 109 Å². The molecule has 4 nitrogen and oxygen atoms in total. The molecule has 0 rings (SSSR count). The van der Waals surface area contributed by atoms with Crippen LogP contribution in [0.1, 0.15) is 33.6 Å². The topological polar surface area (TPSA) is 61.4 Å². The highest BCUT2D eigenvalue weighted by molar-refractivity contribution is 7.98. The Kier molecular flexibility index (Phi) is 8.43. The van der Waals surface area contributed by atoms with Crippen molar-refractivity contribution >= 4 is 17.8 Å². The maximum absolute atomic E-state index is 11.6. The molecule has 0 aliphatic rings. The summed E-state index contributed by atoms with van der Waals surface area (Å²) in [7, 11) is 0. The number of carbonyl (C=O) groups is 1. The van der Waals surface area contributed by atoms with E-state index in [2.05, 4.69) is 17.6 Å². The number of urea groups is 1. The van der Waals surface area contributed by atoms with Crippen LogP contribution in [-0.2, 0) is 0 Å². The van der Waals surface area contributed by atoms with Gasteiger partial charge < -0.3 is 15.7 Å². The van der Waals surface area contributed by atoms with E-state index < -0.39 is 0 Å². The molecule has 0 heterocycles. The van der Waals surface area contributed by atoms with Crippen molar-refractivity contribution in [2.45, 2.75) is 39.7 Å². The van der Waals surface area contributed by atoms with Gasteiger partial charge in [0.1, 0.15) is 0 Å². The minimum absolute atomic E-state index is 0.0622. The third kappa shape index (κ3) is 8.32. The molecule has 1 unspecified atom stereocenters. The molecule has 5 heteroatoms. The minimum Gasteiger partial charge on any atom is -0.396 e. The fourth-order valence-corrected chi connectivity index (χ4v) is 2.13. The molecule has 0 saturated heterocycles. The second kappa shape index (κ2) is 8.64. The summed E-state index contributed by atoms with van der Waals surface area (Å²) in [6.07, 6.45) is 3.66. The number of nitrogens with one attached hydrogen (secondary N) is 2. The van der Waals surface area contributed by atoms with Crippen molar-refractivity contribution in [3.63, 3.8) is 0 Å². The lowest BCUT2D eigenvalue weighted by atomic mass is 9.90. The smallest absolute Gasteiger partial charge is 0.315 e. The fraction of sp³-hybridized carbons (Fsp3) is 0.917. The standard InChI is InChI=1S/C12H26N2O2S/c1-5-10(8-17-4)14-11(16)13-9-12(2,3)6-7-15/h10,15H,5-9H2,1-4H3,(H2,13,14,16). The first kappa shape index (κ1) is 16.6. The number of rotatable bonds is 8. The van der Waals surface area contributed by atoms with Crippen LogP contribution in [0.4, 0.5) is 4.79 Å². The summed E-state index contributed by atoms with van der Waals surface area (Å²) in [5, 5.41) is 14.7. The van der Waals surface area contributed by atoms with Crippen LogP contribution in [0.25, 0.3) is 0 Å². The monoisotopic (exact) mass is 262 g/mol. The first-order valence-electron chi connectivity index (χ1n) is 6.09. The number of carbonyl (C=O) groups excluding carboxylic acids is 1. The lowest BCUT2D eigenvalue weighted by Gasteiger charge is -2.25. The highest BCUT2D eigenvalue weighted by Crippen LogP contribution is 2.17. The molecule has 0 saturated carbocycles. The SMILES string of the molecule is CCC(CSC)NC(=O)NCC(C)(C)CCO. The molecule has 3 N–H and O–H groups in total. The van der Waals surface area contributed by atoms with Gasteiger partial charge in [0.15, 0.2) is 0 Å². The van der Waals surface area contributed by atoms with Crippen LogP contribution in [0.2, 0.25) is 0 Å². The molecule has 0 aromatic heterocycles. The minimum atomic E-state index is -0.114. The highest BCUT2D eigenvalue weighted by atomic mass is 32.2. The van der Waals surface area contributed by atoms with Gasteiger partial charge in [0.2, 0.25) is 0 Å². The number of thioether (sulfide) groups is 1. The number of hydrogen-bond donors (Lipinski definition) is 3. The second-order valence-corrected chi connectivity index (χ2v) is 5.94. The zero-order valence-electron chi connectivity index (χ0n) is 11.4. The van der Waals surface area contributed by atoms with Crippen LogP contribution in [0.15, 0.2) is 0 Å². The molecule has 0 aromatic rings. The third-order valence-electron chi connectivity index (χ3n) is 2.71. The van der Waals surface area contributed by atoms with Gasteiger partial charge in [-0.1, -0.05) is 20.8 Å². The fourth-order valence-electron chi connectivity index (χ4n) is 1.41. The van der Waals surface area contributed by atoms with E-state index in [4.69, 9.17) is 5.11 Å². The summed E-state index contributed by atoms with van der Waals surface area (Å²) >= 11 is 1.73. The van der Waals surface area contributed by atoms with Crippen molar-refractivity contribution in [2.75, 3.05) is 25.2 Å². The zero-order chi connectivity index (χ0) is 13.3. The normalized spacial score (nSPS) is 13.2. The summed E-state index contributed by atoms with van der Waals surface area (Å²) in [5.74, 6) is 0.934. The molecular formula is C12H26N2O2S. The Hall–Kier alpha value is -0.420. The summed E-state index contributed by atoms with van der Waals surface area (Å²) in [5.41, 5.74) is -0.0622. The van der Waals surface area contributed by atoms with E-state index in [1.807, 2.05) is 20.1 Å². The van der Waals surface area contributed by atoms with Gasteiger partial charge in [-0.2, -0.15) is 11.8 Å². The highest BCUT2D eigenvalue weighted by Gasteiger charge is 2.18. The molecule has 0 spiro atoms. The molecule has 0 fully saturated rings. The van der Waals surface area contributed by atoms with Gasteiger partial charge in [-0.15, -0.1) is 0 Å². The van der Waals surface area contributed by atoms with Crippen molar-refractivity contribution in [3.05, 3.63) is 0 Å². The quantitative estimate of drug-likeness (QED) is 0.625. The van der Waals surface area contributed by atoms with Crippen LogP contribution in [-0.4, -0.2) is 42.3 Å². The van der Waals surface area contributed by atoms with E-state index in [1.54, 1.807) is 11.8 Å². The summed E-state index contributed by atoms with van der Waals surface area (Å²) < 4.78 is 0. The first-order valence-corrected chi connectivity index (χ1v) is 7.48. The van der Waals surface area contributed by atoms with E-state index >= 15 is 0 Å². The van der Waals surface area contributed by atoms with Crippen LogP contribution in [0.5, 0.6) is 0 Å². The molecule has 0 radical (unpaired) electrons. The van der Waals surface area contributed by atoms with Gasteiger partial charge in [-0.05, 0) is 24.5 Å². The van der Waals surface area contributed by atoms with Crippen molar-refractivity contribution in [2.24, 2.45) is 5.41 Å². The molecule has 17 heavy (non-hydrogen) atoms. The molecule has 102 valence electrons. The lowest BCUT2D eigenvalue weighted by molar-refractivity contribution is 0.200. The summed E-state index contributed by atoms with van der Waals surface area (Å²) in [6.45, 7) is 6.86. The lowest BCUT2D eigenvalue weighted by Crippen LogP contribution is -2.45. The molecule has 0 bridgehead atoms. The van der Waals surface area contributed by atoms with Crippen molar-refractivity contribution in [3.8, 4) is 0 Å². The molecule has 0 aromatic carbocycles. The third-order valence-corrected chi connectivity index (χ3v) is 3.45. The van der Waals surface area contributed by atoms with Crippen molar-refractivity contribution < 1.29 is 9.90 Å². The molecule has 0 aliphatic carbocycles. The Morgan fingerprint density at radius 1 is 1.47 bits per heavy atom. The number of aliphatic hydroxyl groups excluding tert-OH is 1. The van der Waals surface area contributed by atoms with Gasteiger partial charge in [0.25, 0.3) is 0 Å². The van der Waals surface area contributed by atoms with Gasteiger partial charge in [-0.3, -0.25) is 0 Å². The van der Waals surface area contributed by atoms with E-state index in [9.17, 15) is 4.79 Å². The second-order valence-electron chi connectivity index (χ2n) is 5.03. The van der Waals surface area contributed by atoms with Crippen LogP contribution < -0.4 is 10.6 Å². The number of amides is 2. The van der Waals surface area contributed by atoms with Crippen molar-refractivity contribution in [1.29, 1.82) is 0 Å². The Balaban J connectivity index is 3.93. The predicted octanol–water partition coefficient (Wildman–Crippen LogP) is 1.84. The van der Waals surface area contributed by atoms with E-state index in [0.717, 1.165) is 12.2 Å². The first-order chi connectivity index (χ1) is 7.95. The van der Waals surface area contributed by atoms with E-state index in [1.165, 1.54) is 0 Å². The van der Waals surface area contributed by atoms with Gasteiger partial charge in [-0.25, -0.2) is 4.79 Å². The van der Waals surface area contributed by atoms with Gasteiger partial charge >= 0.3 is 6.03 Å². The predicted molar refractivity (Wildman–Crippen MR) is 74.5 cm³/mol. The molecule has 0 aliphatic heterocycles. The Morgan fingerprint density at radius 2 is 2.12 bits per heavy atom. The van der Waals surface area contributed by atoms with Gasteiger partial charge in [0.05, 0.1) is 0 Å². The maximum atomic E-state index is 11.6. The van der Waals surface area contributed by atoms with E-state index in [0.29, 0.717) is 13.0 Å².